The molecule has 4 heteroatoms. The van der Waals surface area contributed by atoms with E-state index in [2.05, 4.69) is 32.1 Å². The van der Waals surface area contributed by atoms with Crippen molar-refractivity contribution < 1.29 is 19.1 Å². The van der Waals surface area contributed by atoms with E-state index in [1.807, 2.05) is 6.08 Å². The van der Waals surface area contributed by atoms with E-state index in [4.69, 9.17) is 9.47 Å². The lowest BCUT2D eigenvalue weighted by atomic mass is 9.65. The van der Waals surface area contributed by atoms with Crippen LogP contribution in [0.15, 0.2) is 36.0 Å². The van der Waals surface area contributed by atoms with Crippen LogP contribution in [0.4, 0.5) is 0 Å². The molecule has 6 unspecified atom stereocenters. The molecule has 0 amide bonds. The molecule has 0 saturated carbocycles. The smallest absolute Gasteiger partial charge is 0.330 e. The summed E-state index contributed by atoms with van der Waals surface area (Å²) >= 11 is 0. The first-order valence-corrected chi connectivity index (χ1v) is 9.38. The third-order valence-electron chi connectivity index (χ3n) is 5.67. The van der Waals surface area contributed by atoms with Crippen molar-refractivity contribution in [3.05, 3.63) is 36.0 Å². The second-order valence-corrected chi connectivity index (χ2v) is 7.71. The van der Waals surface area contributed by atoms with Gasteiger partial charge in [-0.25, -0.2) is 4.79 Å². The molecule has 0 spiro atoms. The number of carbonyl (C=O) groups excluding carboxylic acids is 2. The maximum Gasteiger partial charge on any atom is 0.330 e. The van der Waals surface area contributed by atoms with E-state index >= 15 is 0 Å². The largest absolute Gasteiger partial charge is 0.462 e. The van der Waals surface area contributed by atoms with Gasteiger partial charge in [0.15, 0.2) is 0 Å². The van der Waals surface area contributed by atoms with Gasteiger partial charge in [0.05, 0.1) is 0 Å². The van der Waals surface area contributed by atoms with Crippen molar-refractivity contribution in [2.45, 2.75) is 58.7 Å². The van der Waals surface area contributed by atoms with E-state index < -0.39 is 0 Å². The summed E-state index contributed by atoms with van der Waals surface area (Å²) in [4.78, 5) is 23.0. The van der Waals surface area contributed by atoms with E-state index in [0.717, 1.165) is 25.7 Å². The molecular formula is C21H28O4. The van der Waals surface area contributed by atoms with E-state index in [0.29, 0.717) is 17.8 Å². The average molecular weight is 344 g/mol. The number of allylic oxidation sites excluding steroid dienone is 3. The zero-order chi connectivity index (χ0) is 18.0. The number of cyclic esters (lactones) is 1. The van der Waals surface area contributed by atoms with Gasteiger partial charge >= 0.3 is 11.9 Å². The molecule has 1 aliphatic heterocycles. The van der Waals surface area contributed by atoms with Gasteiger partial charge in [0, 0.05) is 25.3 Å². The van der Waals surface area contributed by atoms with Gasteiger partial charge < -0.3 is 9.47 Å². The summed E-state index contributed by atoms with van der Waals surface area (Å²) in [5.74, 6) is 1.04. The fourth-order valence-corrected chi connectivity index (χ4v) is 4.56. The topological polar surface area (TPSA) is 52.6 Å². The Balaban J connectivity index is 1.75. The first-order chi connectivity index (χ1) is 11.9. The summed E-state index contributed by atoms with van der Waals surface area (Å²) in [5, 5.41) is 0. The van der Waals surface area contributed by atoms with E-state index in [-0.39, 0.29) is 30.1 Å². The van der Waals surface area contributed by atoms with Gasteiger partial charge in [0.25, 0.3) is 0 Å². The Morgan fingerprint density at radius 1 is 1.28 bits per heavy atom. The normalized spacial score (nSPS) is 37.1. The number of fused-ring (bicyclic) bond motifs is 1. The molecule has 0 aromatic rings. The molecule has 0 aromatic carbocycles. The summed E-state index contributed by atoms with van der Waals surface area (Å²) in [6.45, 7) is 5.90. The lowest BCUT2D eigenvalue weighted by molar-refractivity contribution is -0.151. The number of ether oxygens (including phenoxy) is 2. The first-order valence-electron chi connectivity index (χ1n) is 9.38. The molecule has 6 atom stereocenters. The Morgan fingerprint density at radius 3 is 2.80 bits per heavy atom. The minimum atomic E-state index is -0.238. The van der Waals surface area contributed by atoms with Crippen LogP contribution < -0.4 is 0 Å². The Labute approximate surface area is 150 Å². The van der Waals surface area contributed by atoms with E-state index in [1.54, 1.807) is 0 Å². The predicted octanol–water partition coefficient (Wildman–Crippen LogP) is 3.97. The van der Waals surface area contributed by atoms with Crippen LogP contribution in [-0.2, 0) is 19.1 Å². The highest BCUT2D eigenvalue weighted by Gasteiger charge is 2.41. The highest BCUT2D eigenvalue weighted by atomic mass is 16.5. The van der Waals surface area contributed by atoms with Crippen LogP contribution in [0.1, 0.15) is 46.5 Å². The zero-order valence-corrected chi connectivity index (χ0v) is 15.3. The minimum absolute atomic E-state index is 0.0299. The molecule has 0 aromatic heterocycles. The zero-order valence-electron chi connectivity index (χ0n) is 15.3. The summed E-state index contributed by atoms with van der Waals surface area (Å²) in [5.41, 5.74) is 1.30. The van der Waals surface area contributed by atoms with Crippen molar-refractivity contribution >= 4 is 11.9 Å². The van der Waals surface area contributed by atoms with Crippen molar-refractivity contribution in [3.8, 4) is 0 Å². The van der Waals surface area contributed by atoms with E-state index in [9.17, 15) is 9.59 Å². The van der Waals surface area contributed by atoms with Crippen molar-refractivity contribution in [2.24, 2.45) is 23.7 Å². The molecule has 3 rings (SSSR count). The Morgan fingerprint density at radius 2 is 2.08 bits per heavy atom. The van der Waals surface area contributed by atoms with Crippen LogP contribution in [-0.4, -0.2) is 24.1 Å². The van der Waals surface area contributed by atoms with Crippen molar-refractivity contribution in [3.63, 3.8) is 0 Å². The van der Waals surface area contributed by atoms with Gasteiger partial charge in [-0.05, 0) is 42.6 Å². The van der Waals surface area contributed by atoms with Gasteiger partial charge in [-0.3, -0.25) is 4.79 Å². The number of esters is 2. The average Bonchev–Trinajstić information content (AvgIpc) is 2.53. The molecule has 0 N–H and O–H groups in total. The Bertz CT molecular complexity index is 615. The molecule has 2 aliphatic carbocycles. The SMILES string of the molecule is CC(=O)OC1CC(C)C=C2C=CC(C)C(CCC3CC=CC(=O)O3)C21. The number of carbonyl (C=O) groups is 2. The second kappa shape index (κ2) is 7.59. The molecule has 25 heavy (non-hydrogen) atoms. The summed E-state index contributed by atoms with van der Waals surface area (Å²) in [6, 6.07) is 0. The van der Waals surface area contributed by atoms with Crippen LogP contribution >= 0.6 is 0 Å². The molecule has 4 nitrogen and oxygen atoms in total. The van der Waals surface area contributed by atoms with Gasteiger partial charge in [-0.1, -0.05) is 38.2 Å². The monoisotopic (exact) mass is 344 g/mol. The first kappa shape index (κ1) is 18.0. The molecule has 3 aliphatic rings. The lowest BCUT2D eigenvalue weighted by Gasteiger charge is -2.43. The molecule has 1 heterocycles. The Hall–Kier alpha value is -1.84. The van der Waals surface area contributed by atoms with Crippen LogP contribution in [0.3, 0.4) is 0 Å². The third kappa shape index (κ3) is 4.23. The summed E-state index contributed by atoms with van der Waals surface area (Å²) in [6.07, 6.45) is 13.6. The van der Waals surface area contributed by atoms with Crippen molar-refractivity contribution in [1.82, 2.24) is 0 Å². The standard InChI is InChI=1S/C21H28O4/c1-13-11-16-8-7-14(2)18(21(16)19(12-13)24-15(3)22)10-9-17-5-4-6-20(23)25-17/h4,6-8,11,13-14,17-19,21H,5,9-10,12H2,1-3H3. The van der Waals surface area contributed by atoms with Crippen LogP contribution in [0.25, 0.3) is 0 Å². The third-order valence-corrected chi connectivity index (χ3v) is 5.67. The minimum Gasteiger partial charge on any atom is -0.462 e. The maximum absolute atomic E-state index is 11.6. The maximum atomic E-state index is 11.6. The molecule has 0 bridgehead atoms. The van der Waals surface area contributed by atoms with Crippen LogP contribution in [0, 0.1) is 23.7 Å². The molecule has 0 saturated heterocycles. The quantitative estimate of drug-likeness (QED) is 0.724. The van der Waals surface area contributed by atoms with Gasteiger partial charge in [0.1, 0.15) is 12.2 Å². The summed E-state index contributed by atoms with van der Waals surface area (Å²) in [7, 11) is 0. The van der Waals surface area contributed by atoms with Gasteiger partial charge in [0.2, 0.25) is 0 Å². The number of hydrogen-bond donors (Lipinski definition) is 0. The molecule has 0 radical (unpaired) electrons. The van der Waals surface area contributed by atoms with Crippen LogP contribution in [0.5, 0.6) is 0 Å². The number of rotatable bonds is 4. The molecule has 136 valence electrons. The van der Waals surface area contributed by atoms with Crippen molar-refractivity contribution in [1.29, 1.82) is 0 Å². The fourth-order valence-electron chi connectivity index (χ4n) is 4.56. The van der Waals surface area contributed by atoms with Gasteiger partial charge in [-0.15, -0.1) is 0 Å². The molecular weight excluding hydrogens is 316 g/mol. The van der Waals surface area contributed by atoms with Crippen molar-refractivity contribution in [2.75, 3.05) is 0 Å². The fraction of sp³-hybridized carbons (Fsp3) is 0.619. The Kier molecular flexibility index (Phi) is 5.45. The van der Waals surface area contributed by atoms with E-state index in [1.165, 1.54) is 18.6 Å². The molecule has 0 fully saturated rings. The number of hydrogen-bond acceptors (Lipinski definition) is 4. The highest BCUT2D eigenvalue weighted by molar-refractivity contribution is 5.82. The summed E-state index contributed by atoms with van der Waals surface area (Å²) < 4.78 is 11.1. The van der Waals surface area contributed by atoms with Gasteiger partial charge in [-0.2, -0.15) is 0 Å². The highest BCUT2D eigenvalue weighted by Crippen LogP contribution is 2.45. The lowest BCUT2D eigenvalue weighted by Crippen LogP contribution is -2.41. The van der Waals surface area contributed by atoms with Crippen LogP contribution in [0.2, 0.25) is 0 Å². The predicted molar refractivity (Wildman–Crippen MR) is 95.6 cm³/mol. The second-order valence-electron chi connectivity index (χ2n) is 7.71.